The van der Waals surface area contributed by atoms with Crippen LogP contribution in [0.15, 0.2) is 61.2 Å². The smallest absolute Gasteiger partial charge is 0.320 e. The lowest BCUT2D eigenvalue weighted by molar-refractivity contribution is 0.0836. The van der Waals surface area contributed by atoms with Gasteiger partial charge in [-0.15, -0.1) is 0 Å². The van der Waals surface area contributed by atoms with Gasteiger partial charge in [-0.3, -0.25) is 19.9 Å². The topological polar surface area (TPSA) is 127 Å². The molecule has 0 saturated carbocycles. The number of likely N-dealkylation sites (tertiary alicyclic amines) is 2. The van der Waals surface area contributed by atoms with Gasteiger partial charge < -0.3 is 21.3 Å². The number of halogens is 2. The number of nitrogens with two attached hydrogens (primary N) is 2. The van der Waals surface area contributed by atoms with Crippen molar-refractivity contribution in [1.29, 1.82) is 0 Å². The van der Waals surface area contributed by atoms with E-state index < -0.39 is 0 Å². The van der Waals surface area contributed by atoms with Crippen LogP contribution >= 0.6 is 0 Å². The molecule has 4 heterocycles. The molecule has 204 valence electrons. The Morgan fingerprint density at radius 3 is 1.50 bits per heavy atom. The highest BCUT2D eigenvalue weighted by Gasteiger charge is 2.41. The Morgan fingerprint density at radius 2 is 1.10 bits per heavy atom. The first kappa shape index (κ1) is 25.9. The molecule has 2 aromatic heterocycles. The van der Waals surface area contributed by atoms with Crippen molar-refractivity contribution in [3.63, 3.8) is 0 Å². The zero-order valence-corrected chi connectivity index (χ0v) is 21.7. The van der Waals surface area contributed by atoms with E-state index in [1.54, 1.807) is 58.9 Å². The molecule has 0 aliphatic carbocycles. The van der Waals surface area contributed by atoms with Gasteiger partial charge in [0.25, 0.3) is 0 Å². The van der Waals surface area contributed by atoms with Gasteiger partial charge in [0.2, 0.25) is 0 Å². The van der Waals surface area contributed by atoms with Crippen LogP contribution in [0.25, 0.3) is 22.5 Å². The van der Waals surface area contributed by atoms with Crippen molar-refractivity contribution in [2.75, 3.05) is 26.2 Å². The van der Waals surface area contributed by atoms with Crippen molar-refractivity contribution >= 4 is 6.03 Å². The third-order valence-electron chi connectivity index (χ3n) is 7.61. The highest BCUT2D eigenvalue weighted by Crippen LogP contribution is 2.36. The number of nitrogens with zero attached hydrogens (tertiary/aromatic N) is 6. The number of amides is 2. The van der Waals surface area contributed by atoms with Gasteiger partial charge in [0.1, 0.15) is 11.6 Å². The summed E-state index contributed by atoms with van der Waals surface area (Å²) < 4.78 is 28.0. The Labute approximate surface area is 229 Å². The van der Waals surface area contributed by atoms with Gasteiger partial charge >= 0.3 is 6.03 Å². The van der Waals surface area contributed by atoms with Crippen molar-refractivity contribution in [3.05, 3.63) is 95.3 Å². The lowest BCUT2D eigenvalue weighted by atomic mass is 9.90. The van der Waals surface area contributed by atoms with E-state index in [0.717, 1.165) is 22.5 Å². The first-order valence-corrected chi connectivity index (χ1v) is 13.1. The van der Waals surface area contributed by atoms with Crippen LogP contribution in [0.1, 0.15) is 34.4 Å². The van der Waals surface area contributed by atoms with Crippen LogP contribution in [0.5, 0.6) is 0 Å². The van der Waals surface area contributed by atoms with E-state index in [1.165, 1.54) is 12.1 Å². The fourth-order valence-electron chi connectivity index (χ4n) is 5.31. The maximum atomic E-state index is 14.0. The van der Waals surface area contributed by atoms with Crippen molar-refractivity contribution in [2.45, 2.75) is 24.9 Å². The molecule has 0 radical (unpaired) electrons. The lowest BCUT2D eigenvalue weighted by Crippen LogP contribution is -2.59. The summed E-state index contributed by atoms with van der Waals surface area (Å²) in [5.41, 5.74) is 16.6. The van der Waals surface area contributed by atoms with E-state index in [2.05, 4.69) is 19.9 Å². The quantitative estimate of drug-likeness (QED) is 0.382. The predicted molar refractivity (Wildman–Crippen MR) is 145 cm³/mol. The summed E-state index contributed by atoms with van der Waals surface area (Å²) in [4.78, 5) is 34.9. The number of urea groups is 1. The molecule has 40 heavy (non-hydrogen) atoms. The summed E-state index contributed by atoms with van der Waals surface area (Å²) >= 11 is 0. The molecule has 0 atom stereocenters. The van der Waals surface area contributed by atoms with Gasteiger partial charge in [-0.25, -0.2) is 13.6 Å². The number of hydrogen-bond acceptors (Lipinski definition) is 7. The zero-order valence-electron chi connectivity index (χ0n) is 21.7. The molecule has 2 aliphatic rings. The molecule has 2 fully saturated rings. The Morgan fingerprint density at radius 1 is 0.700 bits per heavy atom. The molecule has 2 amide bonds. The van der Waals surface area contributed by atoms with E-state index in [1.807, 2.05) is 0 Å². The molecule has 9 nitrogen and oxygen atoms in total. The normalized spacial score (nSPS) is 15.6. The van der Waals surface area contributed by atoms with Gasteiger partial charge in [0.15, 0.2) is 0 Å². The summed E-state index contributed by atoms with van der Waals surface area (Å²) in [5, 5.41) is 0. The molecule has 2 aromatic carbocycles. The molecule has 11 heteroatoms. The SMILES string of the molecule is NCc1cc(-c2nccnc2C2CN(C(=O)N3CC(c4nccnc4-c4ccc(F)c(CN)c4)C3)C2)ccc1F. The molecule has 4 N–H and O–H groups in total. The Hall–Kier alpha value is -4.35. The number of aromatic nitrogens is 4. The van der Waals surface area contributed by atoms with Crippen LogP contribution in [0.3, 0.4) is 0 Å². The second-order valence-corrected chi connectivity index (χ2v) is 10.1. The standard InChI is InChI=1S/C29H28F2N8O/c30-23-3-1-17(9-19(23)11-32)25-27(36-7-5-34-25)21-13-38(14-21)29(40)39-15-22(16-39)28-26(35-6-8-37-28)18-2-4-24(31)20(10-18)12-33/h1-10,21-22H,11-16,32-33H2. The molecule has 2 saturated heterocycles. The molecular weight excluding hydrogens is 514 g/mol. The molecule has 2 aliphatic heterocycles. The van der Waals surface area contributed by atoms with Crippen molar-refractivity contribution in [2.24, 2.45) is 11.5 Å². The fourth-order valence-corrected chi connectivity index (χ4v) is 5.31. The predicted octanol–water partition coefficient (Wildman–Crippen LogP) is 3.41. The molecular formula is C29H28F2N8O. The monoisotopic (exact) mass is 542 g/mol. The van der Waals surface area contributed by atoms with E-state index in [0.29, 0.717) is 48.7 Å². The van der Waals surface area contributed by atoms with Crippen LogP contribution < -0.4 is 11.5 Å². The summed E-state index contributed by atoms with van der Waals surface area (Å²) in [7, 11) is 0. The maximum Gasteiger partial charge on any atom is 0.320 e. The fraction of sp³-hybridized carbons (Fsp3) is 0.276. The number of carbonyl (C=O) groups excluding carboxylic acids is 1. The minimum atomic E-state index is -0.350. The van der Waals surface area contributed by atoms with Crippen molar-refractivity contribution in [1.82, 2.24) is 29.7 Å². The van der Waals surface area contributed by atoms with E-state index in [-0.39, 0.29) is 42.6 Å². The van der Waals surface area contributed by atoms with E-state index in [4.69, 9.17) is 11.5 Å². The third kappa shape index (κ3) is 4.67. The van der Waals surface area contributed by atoms with Gasteiger partial charge in [-0.05, 0) is 36.4 Å². The highest BCUT2D eigenvalue weighted by atomic mass is 19.1. The van der Waals surface area contributed by atoms with Crippen LogP contribution in [-0.4, -0.2) is 61.9 Å². The molecule has 4 aromatic rings. The number of hydrogen-bond donors (Lipinski definition) is 2. The minimum Gasteiger partial charge on any atom is -0.326 e. The number of rotatable bonds is 6. The summed E-state index contributed by atoms with van der Waals surface area (Å²) in [6.45, 7) is 2.25. The average Bonchev–Trinajstić information content (AvgIpc) is 2.93. The van der Waals surface area contributed by atoms with E-state index in [9.17, 15) is 13.6 Å². The summed E-state index contributed by atoms with van der Waals surface area (Å²) in [6, 6.07) is 9.50. The number of carbonyl (C=O) groups is 1. The third-order valence-corrected chi connectivity index (χ3v) is 7.61. The first-order chi connectivity index (χ1) is 19.5. The van der Waals surface area contributed by atoms with Gasteiger partial charge in [0.05, 0.1) is 22.8 Å². The van der Waals surface area contributed by atoms with Gasteiger partial charge in [-0.2, -0.15) is 0 Å². The van der Waals surface area contributed by atoms with Gasteiger partial charge in [0, 0.05) is 98.1 Å². The second-order valence-electron chi connectivity index (χ2n) is 10.1. The minimum absolute atomic E-state index is 0.0258. The molecule has 0 unspecified atom stereocenters. The summed E-state index contributed by atoms with van der Waals surface area (Å²) in [6.07, 6.45) is 6.48. The second kappa shape index (κ2) is 10.7. The molecule has 0 spiro atoms. The van der Waals surface area contributed by atoms with Crippen LogP contribution in [0, 0.1) is 11.6 Å². The number of benzene rings is 2. The Balaban J connectivity index is 1.11. The van der Waals surface area contributed by atoms with Crippen molar-refractivity contribution < 1.29 is 13.6 Å². The van der Waals surface area contributed by atoms with Crippen LogP contribution in [0.4, 0.5) is 13.6 Å². The lowest BCUT2D eigenvalue weighted by Gasteiger charge is -2.47. The zero-order chi connectivity index (χ0) is 27.8. The van der Waals surface area contributed by atoms with Crippen LogP contribution in [0.2, 0.25) is 0 Å². The molecule has 0 bridgehead atoms. The van der Waals surface area contributed by atoms with Gasteiger partial charge in [-0.1, -0.05) is 0 Å². The maximum absolute atomic E-state index is 14.0. The average molecular weight is 543 g/mol. The Kier molecular flexibility index (Phi) is 6.91. The first-order valence-electron chi connectivity index (χ1n) is 13.1. The molecule has 6 rings (SSSR count). The summed E-state index contributed by atoms with van der Waals surface area (Å²) in [5.74, 6) is -0.649. The van der Waals surface area contributed by atoms with E-state index >= 15 is 0 Å². The largest absolute Gasteiger partial charge is 0.326 e. The van der Waals surface area contributed by atoms with Crippen molar-refractivity contribution in [3.8, 4) is 22.5 Å². The Bertz CT molecular complexity index is 1450. The highest BCUT2D eigenvalue weighted by molar-refractivity contribution is 5.77. The van der Waals surface area contributed by atoms with Crippen LogP contribution in [-0.2, 0) is 13.1 Å².